The fraction of sp³-hybridized carbons (Fsp3) is 0.421. The summed E-state index contributed by atoms with van der Waals surface area (Å²) in [6, 6.07) is 7.16. The number of hydrogen-bond acceptors (Lipinski definition) is 2. The number of amides is 1. The Balaban J connectivity index is 2.10. The zero-order valence-electron chi connectivity index (χ0n) is 14.9. The molecule has 1 N–H and O–H groups in total. The third-order valence-corrected chi connectivity index (χ3v) is 4.15. The predicted octanol–water partition coefficient (Wildman–Crippen LogP) is 4.79. The Hall–Kier alpha value is -1.94. The molecule has 1 heterocycles. The largest absolute Gasteiger partial charge is 0.494 e. The minimum atomic E-state index is -0.196. The van der Waals surface area contributed by atoms with E-state index in [1.54, 1.807) is 6.07 Å². The molecule has 0 aliphatic carbocycles. The van der Waals surface area contributed by atoms with Crippen molar-refractivity contribution in [1.82, 2.24) is 9.88 Å². The van der Waals surface area contributed by atoms with Crippen molar-refractivity contribution >= 4 is 17.5 Å². The van der Waals surface area contributed by atoms with Crippen LogP contribution < -0.4 is 10.1 Å². The zero-order valence-corrected chi connectivity index (χ0v) is 15.6. The van der Waals surface area contributed by atoms with Gasteiger partial charge in [-0.3, -0.25) is 4.79 Å². The third-order valence-electron chi connectivity index (χ3n) is 3.83. The van der Waals surface area contributed by atoms with Crippen LogP contribution >= 0.6 is 11.6 Å². The lowest BCUT2D eigenvalue weighted by molar-refractivity contribution is 0.0940. The summed E-state index contributed by atoms with van der Waals surface area (Å²) in [6.45, 7) is 10.7. The number of nitrogens with zero attached hydrogens (tertiary/aromatic N) is 1. The summed E-state index contributed by atoms with van der Waals surface area (Å²) >= 11 is 6.32. The van der Waals surface area contributed by atoms with Crippen molar-refractivity contribution in [3.8, 4) is 5.75 Å². The Morgan fingerprint density at radius 2 is 2.04 bits per heavy atom. The average Bonchev–Trinajstić information content (AvgIpc) is 2.97. The van der Waals surface area contributed by atoms with Crippen LogP contribution in [0.3, 0.4) is 0 Å². The highest BCUT2D eigenvalue weighted by Gasteiger charge is 2.18. The van der Waals surface area contributed by atoms with E-state index in [2.05, 4.69) is 26.1 Å². The second-order valence-electron chi connectivity index (χ2n) is 6.79. The Kier molecular flexibility index (Phi) is 5.60. The van der Waals surface area contributed by atoms with Crippen molar-refractivity contribution in [3.63, 3.8) is 0 Å². The van der Waals surface area contributed by atoms with Crippen molar-refractivity contribution < 1.29 is 9.53 Å². The molecule has 24 heavy (non-hydrogen) atoms. The number of carbonyl (C=O) groups excluding carboxylic acids is 1. The molecule has 0 spiro atoms. The first-order chi connectivity index (χ1) is 11.2. The minimum absolute atomic E-state index is 0.0530. The quantitative estimate of drug-likeness (QED) is 0.844. The molecule has 1 amide bonds. The van der Waals surface area contributed by atoms with Gasteiger partial charge in [0.05, 0.1) is 18.2 Å². The topological polar surface area (TPSA) is 43.3 Å². The van der Waals surface area contributed by atoms with Crippen LogP contribution in [0.4, 0.5) is 0 Å². The van der Waals surface area contributed by atoms with E-state index in [9.17, 15) is 4.79 Å². The summed E-state index contributed by atoms with van der Waals surface area (Å²) in [5, 5.41) is 3.58. The number of aromatic nitrogens is 1. The first kappa shape index (κ1) is 18.4. The van der Waals surface area contributed by atoms with E-state index in [1.807, 2.05) is 49.0 Å². The highest BCUT2D eigenvalue weighted by Crippen LogP contribution is 2.27. The SMILES string of the molecule is CCOc1ccc(C(C)NC(=O)c2ccn(C(C)(C)C)c2)c(Cl)c1. The van der Waals surface area contributed by atoms with Crippen LogP contribution in [0.5, 0.6) is 5.75 Å². The maximum atomic E-state index is 12.5. The maximum absolute atomic E-state index is 12.5. The first-order valence-corrected chi connectivity index (χ1v) is 8.51. The molecule has 0 aliphatic rings. The van der Waals surface area contributed by atoms with Gasteiger partial charge in [-0.25, -0.2) is 0 Å². The van der Waals surface area contributed by atoms with Crippen molar-refractivity contribution in [2.45, 2.75) is 46.2 Å². The van der Waals surface area contributed by atoms with Crippen molar-refractivity contribution in [2.75, 3.05) is 6.61 Å². The fourth-order valence-electron chi connectivity index (χ4n) is 2.42. The summed E-state index contributed by atoms with van der Waals surface area (Å²) in [5.74, 6) is 0.613. The van der Waals surface area contributed by atoms with Crippen LogP contribution in [-0.2, 0) is 5.54 Å². The predicted molar refractivity (Wildman–Crippen MR) is 97.9 cm³/mol. The van der Waals surface area contributed by atoms with Crippen LogP contribution in [-0.4, -0.2) is 17.1 Å². The molecule has 0 saturated heterocycles. The smallest absolute Gasteiger partial charge is 0.253 e. The lowest BCUT2D eigenvalue weighted by atomic mass is 10.1. The molecular formula is C19H25ClN2O2. The summed E-state index contributed by atoms with van der Waals surface area (Å²) in [5.41, 5.74) is 1.45. The monoisotopic (exact) mass is 348 g/mol. The van der Waals surface area contributed by atoms with Gasteiger partial charge in [0.1, 0.15) is 5.75 Å². The Bertz CT molecular complexity index is 716. The Morgan fingerprint density at radius 1 is 1.33 bits per heavy atom. The molecule has 5 heteroatoms. The highest BCUT2D eigenvalue weighted by atomic mass is 35.5. The summed E-state index contributed by atoms with van der Waals surface area (Å²) in [4.78, 5) is 12.5. The Labute approximate surface area is 148 Å². The van der Waals surface area contributed by atoms with E-state index in [0.29, 0.717) is 17.2 Å². The van der Waals surface area contributed by atoms with Gasteiger partial charge in [-0.1, -0.05) is 17.7 Å². The molecule has 0 aliphatic heterocycles. The molecule has 2 aromatic rings. The molecule has 1 unspecified atom stereocenters. The average molecular weight is 349 g/mol. The molecule has 1 aromatic carbocycles. The number of halogens is 1. The van der Waals surface area contributed by atoms with E-state index < -0.39 is 0 Å². The molecule has 0 radical (unpaired) electrons. The van der Waals surface area contributed by atoms with Crippen LogP contribution in [0.25, 0.3) is 0 Å². The molecule has 4 nitrogen and oxygen atoms in total. The molecule has 0 bridgehead atoms. The van der Waals surface area contributed by atoms with Gasteiger partial charge in [-0.15, -0.1) is 0 Å². The maximum Gasteiger partial charge on any atom is 0.253 e. The molecule has 0 fully saturated rings. The van der Waals surface area contributed by atoms with E-state index in [-0.39, 0.29) is 17.5 Å². The van der Waals surface area contributed by atoms with Crippen molar-refractivity contribution in [1.29, 1.82) is 0 Å². The van der Waals surface area contributed by atoms with Crippen LogP contribution in [0.2, 0.25) is 5.02 Å². The molecular weight excluding hydrogens is 324 g/mol. The van der Waals surface area contributed by atoms with Gasteiger partial charge in [0.15, 0.2) is 0 Å². The number of carbonyl (C=O) groups is 1. The molecule has 1 aromatic heterocycles. The van der Waals surface area contributed by atoms with Gasteiger partial charge in [0.2, 0.25) is 0 Å². The minimum Gasteiger partial charge on any atom is -0.494 e. The van der Waals surface area contributed by atoms with Crippen LogP contribution in [0.15, 0.2) is 36.7 Å². The van der Waals surface area contributed by atoms with Gasteiger partial charge >= 0.3 is 0 Å². The van der Waals surface area contributed by atoms with Crippen LogP contribution in [0.1, 0.15) is 56.6 Å². The first-order valence-electron chi connectivity index (χ1n) is 8.14. The van der Waals surface area contributed by atoms with E-state index in [0.717, 1.165) is 11.3 Å². The van der Waals surface area contributed by atoms with Gasteiger partial charge in [-0.2, -0.15) is 0 Å². The van der Waals surface area contributed by atoms with E-state index in [1.165, 1.54) is 0 Å². The lowest BCUT2D eigenvalue weighted by Gasteiger charge is -2.21. The van der Waals surface area contributed by atoms with Crippen molar-refractivity contribution in [3.05, 3.63) is 52.8 Å². The number of benzene rings is 1. The lowest BCUT2D eigenvalue weighted by Crippen LogP contribution is -2.27. The number of hydrogen-bond donors (Lipinski definition) is 1. The van der Waals surface area contributed by atoms with Gasteiger partial charge in [-0.05, 0) is 58.4 Å². The van der Waals surface area contributed by atoms with Gasteiger partial charge in [0, 0.05) is 23.0 Å². The van der Waals surface area contributed by atoms with Gasteiger partial charge < -0.3 is 14.6 Å². The number of ether oxygens (including phenoxy) is 1. The molecule has 2 rings (SSSR count). The molecule has 0 saturated carbocycles. The van der Waals surface area contributed by atoms with Crippen LogP contribution in [0, 0.1) is 0 Å². The summed E-state index contributed by atoms with van der Waals surface area (Å²) < 4.78 is 7.46. The number of rotatable bonds is 5. The van der Waals surface area contributed by atoms with Crippen molar-refractivity contribution in [2.24, 2.45) is 0 Å². The summed E-state index contributed by atoms with van der Waals surface area (Å²) in [6.07, 6.45) is 3.78. The van der Waals surface area contributed by atoms with E-state index >= 15 is 0 Å². The second-order valence-corrected chi connectivity index (χ2v) is 7.20. The molecule has 1 atom stereocenters. The normalized spacial score (nSPS) is 12.8. The zero-order chi connectivity index (χ0) is 17.9. The second kappa shape index (κ2) is 7.31. The van der Waals surface area contributed by atoms with Gasteiger partial charge in [0.25, 0.3) is 5.91 Å². The fourth-order valence-corrected chi connectivity index (χ4v) is 2.76. The van der Waals surface area contributed by atoms with E-state index in [4.69, 9.17) is 16.3 Å². The number of nitrogens with one attached hydrogen (secondary N) is 1. The standard InChI is InChI=1S/C19H25ClN2O2/c1-6-24-15-7-8-16(17(20)11-15)13(2)21-18(23)14-9-10-22(12-14)19(3,4)5/h7-13H,6H2,1-5H3,(H,21,23). The molecule has 130 valence electrons. The highest BCUT2D eigenvalue weighted by molar-refractivity contribution is 6.31. The summed E-state index contributed by atoms with van der Waals surface area (Å²) in [7, 11) is 0. The Morgan fingerprint density at radius 3 is 2.58 bits per heavy atom. The third kappa shape index (κ3) is 4.32.